The van der Waals surface area contributed by atoms with Crippen LogP contribution in [0.25, 0.3) is 17.4 Å². The third-order valence-electron chi connectivity index (χ3n) is 7.01. The van der Waals surface area contributed by atoms with E-state index in [1.165, 1.54) is 10.6 Å². The van der Waals surface area contributed by atoms with Gasteiger partial charge in [-0.25, -0.2) is 4.39 Å². The maximum absolute atomic E-state index is 14.9. The molecule has 1 unspecified atom stereocenters. The molecule has 0 spiro atoms. The largest absolute Gasteiger partial charge is 0.492 e. The van der Waals surface area contributed by atoms with Crippen LogP contribution in [0.4, 0.5) is 22.0 Å². The third-order valence-corrected chi connectivity index (χ3v) is 7.01. The standard InChI is InChI=1S/C27H36FN11O3/c1-17(2)22(29)24(40)31-8-15-41-18-5-6-20(19(28)16-18)38-12-10-37(11-13-38)9-7-32-26-34-25(30)39-27(35-26)33-23(36-39)21-4-3-14-42-21/h3-6,14,16-17,22H,7-13,15,29H2,1-2H3,(H,31,40)(H3,30,32,33,34,35,36). The van der Waals surface area contributed by atoms with Crippen LogP contribution < -0.4 is 31.7 Å². The highest BCUT2D eigenvalue weighted by molar-refractivity contribution is 5.81. The summed E-state index contributed by atoms with van der Waals surface area (Å²) in [5.41, 5.74) is 12.4. The zero-order chi connectivity index (χ0) is 29.6. The van der Waals surface area contributed by atoms with Crippen molar-refractivity contribution in [2.45, 2.75) is 19.9 Å². The molecule has 1 atom stereocenters. The Balaban J connectivity index is 1.05. The number of nitrogens with one attached hydrogen (secondary N) is 2. The molecule has 1 fully saturated rings. The Bertz CT molecular complexity index is 1490. The van der Waals surface area contributed by atoms with Crippen LogP contribution in [0.2, 0.25) is 0 Å². The molecule has 1 amide bonds. The van der Waals surface area contributed by atoms with Gasteiger partial charge in [0.1, 0.15) is 18.2 Å². The van der Waals surface area contributed by atoms with Gasteiger partial charge in [-0.3, -0.25) is 9.69 Å². The summed E-state index contributed by atoms with van der Waals surface area (Å²) in [6.45, 7) is 8.55. The number of amides is 1. The highest BCUT2D eigenvalue weighted by atomic mass is 19.1. The Morgan fingerprint density at radius 1 is 1.14 bits per heavy atom. The van der Waals surface area contributed by atoms with Crippen LogP contribution >= 0.6 is 0 Å². The Morgan fingerprint density at radius 3 is 2.67 bits per heavy atom. The first kappa shape index (κ1) is 29.0. The lowest BCUT2D eigenvalue weighted by Crippen LogP contribution is -2.48. The van der Waals surface area contributed by atoms with Gasteiger partial charge in [0, 0.05) is 45.3 Å². The molecular weight excluding hydrogens is 545 g/mol. The van der Waals surface area contributed by atoms with Crippen molar-refractivity contribution in [1.29, 1.82) is 0 Å². The van der Waals surface area contributed by atoms with E-state index in [-0.39, 0.29) is 30.2 Å². The van der Waals surface area contributed by atoms with Crippen LogP contribution in [-0.2, 0) is 4.79 Å². The second-order valence-electron chi connectivity index (χ2n) is 10.3. The van der Waals surface area contributed by atoms with Gasteiger partial charge in [-0.1, -0.05) is 13.8 Å². The van der Waals surface area contributed by atoms with Crippen LogP contribution in [0.3, 0.4) is 0 Å². The number of furan rings is 1. The fraction of sp³-hybridized carbons (Fsp3) is 0.444. The number of benzene rings is 1. The molecule has 5 rings (SSSR count). The molecule has 0 radical (unpaired) electrons. The van der Waals surface area contributed by atoms with Crippen molar-refractivity contribution in [3.05, 3.63) is 42.4 Å². The van der Waals surface area contributed by atoms with Crippen molar-refractivity contribution in [3.8, 4) is 17.3 Å². The number of piperazine rings is 1. The average molecular weight is 582 g/mol. The van der Waals surface area contributed by atoms with Gasteiger partial charge in [-0.05, 0) is 30.2 Å². The monoisotopic (exact) mass is 581 g/mol. The zero-order valence-electron chi connectivity index (χ0n) is 23.7. The van der Waals surface area contributed by atoms with Gasteiger partial charge < -0.3 is 36.2 Å². The number of hydrogen-bond donors (Lipinski definition) is 4. The van der Waals surface area contributed by atoms with Crippen LogP contribution in [0.15, 0.2) is 41.0 Å². The van der Waals surface area contributed by atoms with Crippen LogP contribution in [0.5, 0.6) is 5.75 Å². The second kappa shape index (κ2) is 13.0. The lowest BCUT2D eigenvalue weighted by Gasteiger charge is -2.36. The molecule has 4 heterocycles. The molecule has 1 aliphatic rings. The van der Waals surface area contributed by atoms with Gasteiger partial charge in [0.25, 0.3) is 5.78 Å². The lowest BCUT2D eigenvalue weighted by atomic mass is 10.1. The predicted octanol–water partition coefficient (Wildman–Crippen LogP) is 1.21. The minimum atomic E-state index is -0.565. The number of hydrogen-bond acceptors (Lipinski definition) is 12. The maximum atomic E-state index is 14.9. The Morgan fingerprint density at radius 2 is 1.95 bits per heavy atom. The topological polar surface area (TPSA) is 178 Å². The number of nitrogens with two attached hydrogens (primary N) is 2. The summed E-state index contributed by atoms with van der Waals surface area (Å²) in [6.07, 6.45) is 1.54. The molecule has 0 saturated carbocycles. The van der Waals surface area contributed by atoms with E-state index in [0.29, 0.717) is 60.9 Å². The van der Waals surface area contributed by atoms with Crippen molar-refractivity contribution >= 4 is 29.3 Å². The zero-order valence-corrected chi connectivity index (χ0v) is 23.7. The normalized spacial score (nSPS) is 14.8. The third kappa shape index (κ3) is 6.86. The molecule has 0 aliphatic carbocycles. The Labute approximate surface area is 242 Å². The number of carbonyl (C=O) groups excluding carboxylic acids is 1. The smallest absolute Gasteiger partial charge is 0.259 e. The molecule has 42 heavy (non-hydrogen) atoms. The van der Waals surface area contributed by atoms with E-state index in [0.717, 1.165) is 19.6 Å². The lowest BCUT2D eigenvalue weighted by molar-refractivity contribution is -0.123. The number of aromatic nitrogens is 5. The number of anilines is 3. The van der Waals surface area contributed by atoms with E-state index >= 15 is 0 Å². The van der Waals surface area contributed by atoms with Crippen molar-refractivity contribution in [2.24, 2.45) is 11.7 Å². The minimum Gasteiger partial charge on any atom is -0.492 e. The van der Waals surface area contributed by atoms with Gasteiger partial charge in [-0.15, -0.1) is 5.10 Å². The first-order valence-corrected chi connectivity index (χ1v) is 13.9. The fourth-order valence-corrected chi connectivity index (χ4v) is 4.53. The minimum absolute atomic E-state index is 0.0465. The van der Waals surface area contributed by atoms with Crippen LogP contribution in [0.1, 0.15) is 13.8 Å². The molecule has 1 aromatic carbocycles. The van der Waals surface area contributed by atoms with E-state index in [4.69, 9.17) is 20.6 Å². The quantitative estimate of drug-likeness (QED) is 0.176. The SMILES string of the molecule is CC(C)C(N)C(=O)NCCOc1ccc(N2CCN(CCNc3nc(N)n4nc(-c5ccco5)nc4n3)CC2)c(F)c1. The van der Waals surface area contributed by atoms with E-state index in [1.807, 2.05) is 18.7 Å². The van der Waals surface area contributed by atoms with Crippen molar-refractivity contribution in [3.63, 3.8) is 0 Å². The maximum Gasteiger partial charge on any atom is 0.259 e. The predicted molar refractivity (Wildman–Crippen MR) is 156 cm³/mol. The van der Waals surface area contributed by atoms with Crippen molar-refractivity contribution in [2.75, 3.05) is 68.4 Å². The number of nitrogen functional groups attached to an aromatic ring is 1. The summed E-state index contributed by atoms with van der Waals surface area (Å²) in [4.78, 5) is 29.3. The summed E-state index contributed by atoms with van der Waals surface area (Å²) in [6, 6.07) is 7.80. The van der Waals surface area contributed by atoms with Gasteiger partial charge in [0.15, 0.2) is 5.76 Å². The molecule has 14 nitrogen and oxygen atoms in total. The fourth-order valence-electron chi connectivity index (χ4n) is 4.53. The summed E-state index contributed by atoms with van der Waals surface area (Å²) < 4.78 is 27.2. The number of ether oxygens (including phenoxy) is 1. The molecule has 6 N–H and O–H groups in total. The Hall–Kier alpha value is -4.50. The molecule has 1 saturated heterocycles. The van der Waals surface area contributed by atoms with Crippen molar-refractivity contribution < 1.29 is 18.3 Å². The average Bonchev–Trinajstić information content (AvgIpc) is 3.66. The summed E-state index contributed by atoms with van der Waals surface area (Å²) in [5.74, 6) is 1.63. The van der Waals surface area contributed by atoms with Gasteiger partial charge >= 0.3 is 0 Å². The van der Waals surface area contributed by atoms with E-state index in [1.54, 1.807) is 30.5 Å². The molecule has 4 aromatic rings. The molecule has 1 aliphatic heterocycles. The number of carbonyl (C=O) groups is 1. The van der Waals surface area contributed by atoms with Gasteiger partial charge in [-0.2, -0.15) is 19.5 Å². The molecule has 15 heteroatoms. The van der Waals surface area contributed by atoms with Gasteiger partial charge in [0.05, 0.1) is 24.5 Å². The number of halogens is 1. The van der Waals surface area contributed by atoms with Crippen LogP contribution in [-0.4, -0.2) is 93.8 Å². The molecular formula is C27H36FN11O3. The van der Waals surface area contributed by atoms with E-state index < -0.39 is 6.04 Å². The molecule has 3 aromatic heterocycles. The second-order valence-corrected chi connectivity index (χ2v) is 10.3. The summed E-state index contributed by atoms with van der Waals surface area (Å²) >= 11 is 0. The van der Waals surface area contributed by atoms with E-state index in [9.17, 15) is 9.18 Å². The number of fused-ring (bicyclic) bond motifs is 1. The van der Waals surface area contributed by atoms with E-state index in [2.05, 4.69) is 35.6 Å². The highest BCUT2D eigenvalue weighted by Crippen LogP contribution is 2.25. The number of rotatable bonds is 12. The molecule has 224 valence electrons. The van der Waals surface area contributed by atoms with Crippen molar-refractivity contribution in [1.82, 2.24) is 34.8 Å². The first-order chi connectivity index (χ1) is 20.3. The highest BCUT2D eigenvalue weighted by Gasteiger charge is 2.21. The van der Waals surface area contributed by atoms with Crippen LogP contribution in [0, 0.1) is 11.7 Å². The first-order valence-electron chi connectivity index (χ1n) is 13.9. The molecule has 0 bridgehead atoms. The summed E-state index contributed by atoms with van der Waals surface area (Å²) in [5, 5.41) is 10.2. The summed E-state index contributed by atoms with van der Waals surface area (Å²) in [7, 11) is 0. The number of nitrogens with zero attached hydrogens (tertiary/aromatic N) is 7. The van der Waals surface area contributed by atoms with Gasteiger partial charge in [0.2, 0.25) is 23.6 Å². The Kier molecular flexibility index (Phi) is 8.97.